The summed E-state index contributed by atoms with van der Waals surface area (Å²) in [7, 11) is 0. The Hall–Kier alpha value is -1.67. The van der Waals surface area contributed by atoms with Gasteiger partial charge in [0, 0.05) is 23.8 Å². The third-order valence-electron chi connectivity index (χ3n) is 5.61. The van der Waals surface area contributed by atoms with E-state index in [2.05, 4.69) is 40.7 Å². The van der Waals surface area contributed by atoms with Crippen molar-refractivity contribution in [3.63, 3.8) is 0 Å². The van der Waals surface area contributed by atoms with Crippen LogP contribution in [0.5, 0.6) is 0 Å². The first-order chi connectivity index (χ1) is 12.2. The van der Waals surface area contributed by atoms with Crippen molar-refractivity contribution in [3.8, 4) is 6.07 Å². The minimum Gasteiger partial charge on any atom is -0.296 e. The molecule has 5 heteroatoms. The Labute approximate surface area is 159 Å². The third-order valence-corrected chi connectivity index (χ3v) is 6.76. The molecular weight excluding hydrogens is 342 g/mol. The van der Waals surface area contributed by atoms with Gasteiger partial charge in [-0.2, -0.15) is 5.26 Å². The van der Waals surface area contributed by atoms with Crippen molar-refractivity contribution >= 4 is 21.6 Å². The van der Waals surface area contributed by atoms with Gasteiger partial charge in [0.2, 0.25) is 0 Å². The van der Waals surface area contributed by atoms with Gasteiger partial charge in [-0.05, 0) is 42.6 Å². The van der Waals surface area contributed by atoms with Crippen molar-refractivity contribution in [1.82, 2.24) is 9.55 Å². The maximum atomic E-state index is 13.3. The molecule has 1 aliphatic rings. The van der Waals surface area contributed by atoms with E-state index in [1.165, 1.54) is 10.4 Å². The smallest absolute Gasteiger partial charge is 0.262 e. The molecule has 140 valence electrons. The number of aromatic nitrogens is 2. The molecule has 0 saturated heterocycles. The average Bonchev–Trinajstić information content (AvgIpc) is 2.93. The van der Waals surface area contributed by atoms with Crippen molar-refractivity contribution in [2.75, 3.05) is 0 Å². The Balaban J connectivity index is 2.11. The first-order valence-electron chi connectivity index (χ1n) is 9.66. The fraction of sp³-hybridized carbons (Fsp3) is 0.667. The van der Waals surface area contributed by atoms with Crippen LogP contribution in [0.3, 0.4) is 0 Å². The van der Waals surface area contributed by atoms with E-state index in [9.17, 15) is 4.79 Å². The van der Waals surface area contributed by atoms with Crippen LogP contribution in [0.1, 0.15) is 76.1 Å². The highest BCUT2D eigenvalue weighted by Crippen LogP contribution is 2.42. The van der Waals surface area contributed by atoms with E-state index in [1.54, 1.807) is 11.3 Å². The molecule has 2 aromatic rings. The van der Waals surface area contributed by atoms with Crippen molar-refractivity contribution in [1.29, 1.82) is 5.26 Å². The summed E-state index contributed by atoms with van der Waals surface area (Å²) in [5.74, 6) is 1.70. The molecule has 1 unspecified atom stereocenters. The van der Waals surface area contributed by atoms with Gasteiger partial charge in [-0.15, -0.1) is 11.3 Å². The molecule has 2 aromatic heterocycles. The monoisotopic (exact) mass is 371 g/mol. The van der Waals surface area contributed by atoms with Crippen LogP contribution in [0.25, 0.3) is 10.2 Å². The van der Waals surface area contributed by atoms with Crippen molar-refractivity contribution in [2.45, 2.75) is 79.2 Å². The molecule has 0 bridgehead atoms. The van der Waals surface area contributed by atoms with Gasteiger partial charge in [0.25, 0.3) is 5.56 Å². The zero-order valence-electron chi connectivity index (χ0n) is 16.6. The minimum absolute atomic E-state index is 0.100. The highest BCUT2D eigenvalue weighted by Gasteiger charge is 2.32. The molecule has 0 aliphatic heterocycles. The lowest BCUT2D eigenvalue weighted by molar-refractivity contribution is 0.218. The predicted octanol–water partition coefficient (Wildman–Crippen LogP) is 5.04. The number of fused-ring (bicyclic) bond motifs is 3. The number of hydrogen-bond acceptors (Lipinski definition) is 4. The Kier molecular flexibility index (Phi) is 5.25. The van der Waals surface area contributed by atoms with Gasteiger partial charge in [-0.25, -0.2) is 4.98 Å². The van der Waals surface area contributed by atoms with E-state index in [1.807, 2.05) is 4.57 Å². The summed E-state index contributed by atoms with van der Waals surface area (Å²) < 4.78 is 1.83. The van der Waals surface area contributed by atoms with Crippen LogP contribution in [0.4, 0.5) is 0 Å². The van der Waals surface area contributed by atoms with E-state index >= 15 is 0 Å². The number of nitrogens with zero attached hydrogens (tertiary/aromatic N) is 3. The summed E-state index contributed by atoms with van der Waals surface area (Å²) in [5, 5.41) is 9.67. The molecular formula is C21H29N3OS. The topological polar surface area (TPSA) is 58.7 Å². The Morgan fingerprint density at radius 2 is 2.12 bits per heavy atom. The van der Waals surface area contributed by atoms with E-state index in [0.29, 0.717) is 30.7 Å². The van der Waals surface area contributed by atoms with Gasteiger partial charge in [0.05, 0.1) is 11.5 Å². The van der Waals surface area contributed by atoms with E-state index in [0.717, 1.165) is 35.3 Å². The molecule has 0 saturated carbocycles. The number of unbranched alkanes of at least 4 members (excludes halogenated alkanes) is 1. The van der Waals surface area contributed by atoms with Crippen molar-refractivity contribution in [3.05, 3.63) is 26.6 Å². The molecule has 0 fully saturated rings. The lowest BCUT2D eigenvalue weighted by Gasteiger charge is -2.33. The zero-order valence-corrected chi connectivity index (χ0v) is 17.4. The molecule has 0 spiro atoms. The molecule has 0 N–H and O–H groups in total. The van der Waals surface area contributed by atoms with Crippen LogP contribution in [-0.2, 0) is 19.4 Å². The molecule has 0 radical (unpaired) electrons. The normalized spacial score (nSPS) is 17.5. The lowest BCUT2D eigenvalue weighted by atomic mass is 9.72. The second kappa shape index (κ2) is 7.15. The Bertz CT molecular complexity index is 908. The number of nitriles is 1. The molecule has 1 atom stereocenters. The first-order valence-corrected chi connectivity index (χ1v) is 10.5. The highest BCUT2D eigenvalue weighted by atomic mass is 32.1. The highest BCUT2D eigenvalue weighted by molar-refractivity contribution is 7.18. The fourth-order valence-corrected chi connectivity index (χ4v) is 5.28. The summed E-state index contributed by atoms with van der Waals surface area (Å²) in [5.41, 5.74) is 1.64. The third kappa shape index (κ3) is 3.44. The summed E-state index contributed by atoms with van der Waals surface area (Å²) in [6.07, 6.45) is 4.35. The number of aryl methyl sites for hydroxylation is 1. The Morgan fingerprint density at radius 3 is 2.73 bits per heavy atom. The van der Waals surface area contributed by atoms with Crippen LogP contribution in [0.15, 0.2) is 4.79 Å². The standard InChI is InChI=1S/C21H29N3OS/c1-13(2)18-23-19-17(20(25)24(18)11-7-6-10-22)15-9-8-14(21(3,4)5)12-16(15)26-19/h13-14H,6-9,11-12H2,1-5H3. The van der Waals surface area contributed by atoms with Crippen LogP contribution in [0.2, 0.25) is 0 Å². The number of rotatable bonds is 4. The minimum atomic E-state index is 0.100. The maximum Gasteiger partial charge on any atom is 0.262 e. The second-order valence-electron chi connectivity index (χ2n) is 8.83. The quantitative estimate of drug-likeness (QED) is 0.708. The summed E-state index contributed by atoms with van der Waals surface area (Å²) >= 11 is 1.73. The summed E-state index contributed by atoms with van der Waals surface area (Å²) in [6, 6.07) is 2.17. The van der Waals surface area contributed by atoms with Crippen LogP contribution >= 0.6 is 11.3 Å². The average molecular weight is 372 g/mol. The van der Waals surface area contributed by atoms with Crippen molar-refractivity contribution < 1.29 is 0 Å². The fourth-order valence-electron chi connectivity index (χ4n) is 3.99. The first kappa shape index (κ1) is 19.1. The lowest BCUT2D eigenvalue weighted by Crippen LogP contribution is -2.28. The molecule has 26 heavy (non-hydrogen) atoms. The van der Waals surface area contributed by atoms with E-state index < -0.39 is 0 Å². The largest absolute Gasteiger partial charge is 0.296 e. The SMILES string of the molecule is CC(C)c1nc2sc3c(c2c(=O)n1CCCC#N)CCC(C(C)(C)C)C3. The molecule has 3 rings (SSSR count). The van der Waals surface area contributed by atoms with Crippen molar-refractivity contribution in [2.24, 2.45) is 11.3 Å². The second-order valence-corrected chi connectivity index (χ2v) is 9.92. The Morgan fingerprint density at radius 1 is 1.38 bits per heavy atom. The molecule has 0 amide bonds. The molecule has 1 aliphatic carbocycles. The zero-order chi connectivity index (χ0) is 19.1. The van der Waals surface area contributed by atoms with Gasteiger partial charge < -0.3 is 0 Å². The predicted molar refractivity (Wildman–Crippen MR) is 108 cm³/mol. The summed E-state index contributed by atoms with van der Waals surface area (Å²) in [6.45, 7) is 11.7. The van der Waals surface area contributed by atoms with Gasteiger partial charge >= 0.3 is 0 Å². The van der Waals surface area contributed by atoms with Gasteiger partial charge in [-0.1, -0.05) is 34.6 Å². The number of thiophene rings is 1. The van der Waals surface area contributed by atoms with E-state index in [4.69, 9.17) is 10.2 Å². The molecule has 0 aromatic carbocycles. The van der Waals surface area contributed by atoms with Crippen LogP contribution in [0, 0.1) is 22.7 Å². The van der Waals surface area contributed by atoms with Crippen LogP contribution < -0.4 is 5.56 Å². The molecule has 2 heterocycles. The van der Waals surface area contributed by atoms with Crippen LogP contribution in [-0.4, -0.2) is 9.55 Å². The van der Waals surface area contributed by atoms with Gasteiger partial charge in [-0.3, -0.25) is 9.36 Å². The van der Waals surface area contributed by atoms with Gasteiger partial charge in [0.1, 0.15) is 10.7 Å². The maximum absolute atomic E-state index is 13.3. The molecule has 4 nitrogen and oxygen atoms in total. The van der Waals surface area contributed by atoms with Gasteiger partial charge in [0.15, 0.2) is 0 Å². The summed E-state index contributed by atoms with van der Waals surface area (Å²) in [4.78, 5) is 20.5. The number of hydrogen-bond donors (Lipinski definition) is 0. The van der Waals surface area contributed by atoms with E-state index in [-0.39, 0.29) is 11.5 Å².